The summed E-state index contributed by atoms with van der Waals surface area (Å²) in [6.07, 6.45) is 4.92. The van der Waals surface area contributed by atoms with Gasteiger partial charge in [-0.2, -0.15) is 18.2 Å². The molecule has 2 aliphatic rings. The number of sulfone groups is 1. The Morgan fingerprint density at radius 3 is 2.36 bits per heavy atom. The largest absolute Gasteiger partial charge is 0.390 e. The summed E-state index contributed by atoms with van der Waals surface area (Å²) in [6, 6.07) is 12.6. The van der Waals surface area contributed by atoms with Gasteiger partial charge in [0.2, 0.25) is 0 Å². The van der Waals surface area contributed by atoms with Gasteiger partial charge in [0.1, 0.15) is 0 Å². The molecule has 0 saturated carbocycles. The quantitative estimate of drug-likeness (QED) is 0.420. The number of allylic oxidation sites excluding steroid dienone is 4. The summed E-state index contributed by atoms with van der Waals surface area (Å²) in [5.41, 5.74) is 2.46. The van der Waals surface area contributed by atoms with E-state index >= 15 is 0 Å². The number of benzene rings is 1. The summed E-state index contributed by atoms with van der Waals surface area (Å²) in [5.74, 6) is -0.105. The Kier molecular flexibility index (Phi) is 8.38. The Balaban J connectivity index is 0.00000125. The molecule has 0 spiro atoms. The standard InChI is InChI=1S/C23H23N2O3S2.C2H6.Rf/c1-3-8-19-21(4-2)30(27,28)16-17-15-20(29-22(17)19)23(26)25-13-11-24(12-14-25)18-9-6-5-7-10-18;1-2;/h3-4,6-10,15H,1,11-14,16H2,2H3;1-2H3;/q-1;;/b19-8+,21-4+;;. The Bertz CT molecular complexity index is 1140. The molecule has 1 amide bonds. The number of carbonyl (C=O) groups excluding carboxylic acids is 1. The maximum Gasteiger partial charge on any atom is 0.264 e. The molecule has 0 atom stereocenters. The molecule has 3 heterocycles. The normalized spacial score (nSPS) is 19.2. The number of anilines is 1. The van der Waals surface area contributed by atoms with Crippen LogP contribution in [0.5, 0.6) is 0 Å². The van der Waals surface area contributed by atoms with Crippen molar-refractivity contribution in [2.24, 2.45) is 0 Å². The van der Waals surface area contributed by atoms with Crippen LogP contribution in [0.3, 0.4) is 0 Å². The predicted molar refractivity (Wildman–Crippen MR) is 134 cm³/mol. The Morgan fingerprint density at radius 1 is 1.15 bits per heavy atom. The van der Waals surface area contributed by atoms with Gasteiger partial charge in [-0.15, -0.1) is 23.5 Å². The monoisotopic (exact) mass is 736 g/mol. The van der Waals surface area contributed by atoms with Crippen LogP contribution in [0.25, 0.3) is 5.57 Å². The first-order chi connectivity index (χ1) is 15.4. The Hall–Kier alpha value is -3.64. The average Bonchev–Trinajstić information content (AvgIpc) is 3.23. The van der Waals surface area contributed by atoms with Crippen LogP contribution in [0.2, 0.25) is 0 Å². The third-order valence-electron chi connectivity index (χ3n) is 5.39. The molecule has 8 heteroatoms. The SMILES string of the molecule is C=C/C=C1\C(=C/C)S(=O)(=O)Cc2cc(C(=O)N3CCN(c4cc[c-]cc4)CC3)sc21.CC.[Rf]. The minimum Gasteiger partial charge on any atom is -0.390 e. The first-order valence-corrected chi connectivity index (χ1v) is 13.3. The van der Waals surface area contributed by atoms with E-state index in [9.17, 15) is 13.2 Å². The number of hydrogen-bond donors (Lipinski definition) is 0. The van der Waals surface area contributed by atoms with Gasteiger partial charge < -0.3 is 9.80 Å². The summed E-state index contributed by atoms with van der Waals surface area (Å²) in [5, 5.41) is 0. The molecule has 0 bridgehead atoms. The third-order valence-corrected chi connectivity index (χ3v) is 8.41. The van der Waals surface area contributed by atoms with Crippen LogP contribution in [-0.4, -0.2) is 45.4 Å². The number of nitrogens with zero attached hydrogens (tertiary/aromatic N) is 2. The number of piperazine rings is 1. The van der Waals surface area contributed by atoms with Crippen molar-refractivity contribution in [1.82, 2.24) is 4.90 Å². The summed E-state index contributed by atoms with van der Waals surface area (Å²) in [4.78, 5) is 19.0. The number of carbonyl (C=O) groups is 1. The van der Waals surface area contributed by atoms with E-state index in [0.29, 0.717) is 34.0 Å². The maximum absolute atomic E-state index is 13.1. The Morgan fingerprint density at radius 2 is 1.79 bits per heavy atom. The van der Waals surface area contributed by atoms with Crippen molar-refractivity contribution in [3.63, 3.8) is 0 Å². The van der Waals surface area contributed by atoms with Crippen molar-refractivity contribution >= 4 is 38.3 Å². The molecule has 0 N–H and O–H groups in total. The molecule has 1 aromatic carbocycles. The van der Waals surface area contributed by atoms with Gasteiger partial charge >= 0.3 is 0 Å². The molecule has 0 unspecified atom stereocenters. The van der Waals surface area contributed by atoms with Crippen molar-refractivity contribution in [2.75, 3.05) is 31.1 Å². The predicted octanol–water partition coefficient (Wildman–Crippen LogP) is 4.94. The topological polar surface area (TPSA) is 57.7 Å². The van der Waals surface area contributed by atoms with Crippen molar-refractivity contribution in [3.05, 3.63) is 81.4 Å². The zero-order valence-corrected chi connectivity index (χ0v) is 27.5. The minimum atomic E-state index is -3.42. The summed E-state index contributed by atoms with van der Waals surface area (Å²) in [7, 11) is -3.42. The van der Waals surface area contributed by atoms with Crippen molar-refractivity contribution in [3.8, 4) is 0 Å². The number of rotatable bonds is 3. The van der Waals surface area contributed by atoms with E-state index in [4.69, 9.17) is 0 Å². The molecule has 1 saturated heterocycles. The molecule has 0 radical (unpaired) electrons. The van der Waals surface area contributed by atoms with Gasteiger partial charge in [-0.3, -0.25) is 4.79 Å². The Labute approximate surface area is 195 Å². The molecule has 33 heavy (non-hydrogen) atoms. The van der Waals surface area contributed by atoms with Gasteiger partial charge in [-0.05, 0) is 18.6 Å². The first kappa shape index (κ1) is 25.6. The number of amides is 1. The fourth-order valence-electron chi connectivity index (χ4n) is 3.95. The van der Waals surface area contributed by atoms with Gasteiger partial charge in [0.05, 0.1) is 15.5 Å². The van der Waals surface area contributed by atoms with Crippen LogP contribution in [0.1, 0.15) is 40.9 Å². The number of fused-ring (bicyclic) bond motifs is 1. The molecule has 5 nitrogen and oxygen atoms in total. The fourth-order valence-corrected chi connectivity index (χ4v) is 6.95. The smallest absolute Gasteiger partial charge is 0.264 e. The van der Waals surface area contributed by atoms with E-state index < -0.39 is 9.84 Å². The van der Waals surface area contributed by atoms with Crippen LogP contribution < -0.4 is 4.90 Å². The molecule has 2 aliphatic heterocycles. The molecular weight excluding hydrogens is 707 g/mol. The number of thiophene rings is 1. The van der Waals surface area contributed by atoms with Crippen LogP contribution in [-0.2, 0) is 15.6 Å². The van der Waals surface area contributed by atoms with Gasteiger partial charge in [-0.1, -0.05) is 44.3 Å². The van der Waals surface area contributed by atoms with Crippen LogP contribution in [0, 0.1) is 6.07 Å². The van der Waals surface area contributed by atoms with E-state index in [1.54, 1.807) is 31.2 Å². The van der Waals surface area contributed by atoms with Gasteiger partial charge in [0.15, 0.2) is 9.84 Å². The minimum absolute atomic E-state index is 0. The molecular formula is C25H29N2O3RfS2-. The molecule has 1 aromatic heterocycles. The van der Waals surface area contributed by atoms with Crippen LogP contribution >= 0.6 is 11.3 Å². The molecule has 172 valence electrons. The van der Waals surface area contributed by atoms with Gasteiger partial charge in [-0.25, -0.2) is 8.42 Å². The van der Waals surface area contributed by atoms with Crippen LogP contribution in [0.4, 0.5) is 5.69 Å². The zero-order chi connectivity index (χ0) is 23.3. The zero-order valence-electron chi connectivity index (χ0n) is 19.5. The van der Waals surface area contributed by atoms with E-state index in [2.05, 4.69) is 17.5 Å². The van der Waals surface area contributed by atoms with Crippen molar-refractivity contribution < 1.29 is 13.2 Å². The fraction of sp³-hybridized carbons (Fsp3) is 0.320. The van der Waals surface area contributed by atoms with E-state index in [-0.39, 0.29) is 11.7 Å². The number of hydrogen-bond acceptors (Lipinski definition) is 5. The second-order valence-corrected chi connectivity index (χ2v) is 10.2. The van der Waals surface area contributed by atoms with E-state index in [1.807, 2.05) is 43.0 Å². The van der Waals surface area contributed by atoms with E-state index in [0.717, 1.165) is 23.7 Å². The molecule has 2 aromatic rings. The van der Waals surface area contributed by atoms with Crippen molar-refractivity contribution in [1.29, 1.82) is 0 Å². The van der Waals surface area contributed by atoms with Gasteiger partial charge in [0, 0.05) is 36.6 Å². The third kappa shape index (κ3) is 5.07. The average molecular weight is 737 g/mol. The maximum atomic E-state index is 13.1. The van der Waals surface area contributed by atoms with Gasteiger partial charge in [0.25, 0.3) is 5.91 Å². The van der Waals surface area contributed by atoms with Crippen molar-refractivity contribution in [2.45, 2.75) is 26.5 Å². The first-order valence-electron chi connectivity index (χ1n) is 10.8. The molecule has 1 fully saturated rings. The van der Waals surface area contributed by atoms with E-state index in [1.165, 1.54) is 11.3 Å². The molecule has 0 aliphatic carbocycles. The second-order valence-electron chi connectivity index (χ2n) is 7.23. The summed E-state index contributed by atoms with van der Waals surface area (Å²) in [6.45, 7) is 12.2. The summed E-state index contributed by atoms with van der Waals surface area (Å²) >= 11 is 1.37. The molecule has 4 rings (SSSR count). The summed E-state index contributed by atoms with van der Waals surface area (Å²) < 4.78 is 25.3. The second kappa shape index (κ2) is 10.8. The van der Waals surface area contributed by atoms with Crippen LogP contribution in [0.15, 0.2) is 60.0 Å².